The molecule has 2 aliphatic carbocycles. The molecule has 4 rings (SSSR count). The standard InChI is InChI=1S/C12H11P.2C5H6.2ClH.Fe/c1-3-7-11(8-4-1)13-12-9-5-2-6-10-12;2*1-2-4-5-3-1;;;/h1-10,13H;2*1-4H,5H2;2*1H;/q;;;;;+2/p-2. The van der Waals surface area contributed by atoms with Gasteiger partial charge in [0.05, 0.1) is 0 Å². The van der Waals surface area contributed by atoms with Gasteiger partial charge < -0.3 is 24.8 Å². The first-order valence-corrected chi connectivity index (χ1v) is 8.95. The summed E-state index contributed by atoms with van der Waals surface area (Å²) in [5, 5.41) is 2.79. The maximum Gasteiger partial charge on any atom is 2.00 e. The predicted molar refractivity (Wildman–Crippen MR) is 106 cm³/mol. The van der Waals surface area contributed by atoms with Gasteiger partial charge in [0.1, 0.15) is 0 Å². The molecule has 0 spiro atoms. The van der Waals surface area contributed by atoms with E-state index in [1.165, 1.54) is 10.6 Å². The van der Waals surface area contributed by atoms with Gasteiger partial charge in [0.25, 0.3) is 0 Å². The quantitative estimate of drug-likeness (QED) is 0.425. The SMILES string of the molecule is C1=CCC=C1.C1=CCC=C1.[Cl-].[Cl-].[Fe+2].c1ccc(Pc2ccccc2)cc1. The smallest absolute Gasteiger partial charge is 1.00 e. The first kappa shape index (κ1) is 27.2. The average Bonchev–Trinajstić information content (AvgIpc) is 3.35. The number of halogens is 2. The Morgan fingerprint density at radius 2 is 0.808 bits per heavy atom. The summed E-state index contributed by atoms with van der Waals surface area (Å²) in [6.07, 6.45) is 19.0. The minimum absolute atomic E-state index is 0. The van der Waals surface area contributed by atoms with E-state index in [4.69, 9.17) is 0 Å². The van der Waals surface area contributed by atoms with Gasteiger partial charge in [-0.3, -0.25) is 0 Å². The topological polar surface area (TPSA) is 0 Å². The van der Waals surface area contributed by atoms with E-state index in [1.54, 1.807) is 0 Å². The third kappa shape index (κ3) is 13.2. The van der Waals surface area contributed by atoms with Crippen LogP contribution in [0.3, 0.4) is 0 Å². The zero-order valence-corrected chi connectivity index (χ0v) is 18.0. The van der Waals surface area contributed by atoms with Crippen LogP contribution in [0.5, 0.6) is 0 Å². The molecule has 0 heterocycles. The van der Waals surface area contributed by atoms with Crippen molar-refractivity contribution < 1.29 is 41.9 Å². The molecular formula is C22H23Cl2FeP. The van der Waals surface area contributed by atoms with Gasteiger partial charge in [0, 0.05) is 0 Å². The third-order valence-corrected chi connectivity index (χ3v) is 4.39. The zero-order valence-electron chi connectivity index (χ0n) is 14.4. The molecule has 0 unspecified atom stereocenters. The van der Waals surface area contributed by atoms with E-state index >= 15 is 0 Å². The zero-order chi connectivity index (χ0) is 16.0. The molecule has 0 radical (unpaired) electrons. The Bertz CT molecular complexity index is 586. The van der Waals surface area contributed by atoms with Crippen molar-refractivity contribution in [3.63, 3.8) is 0 Å². The van der Waals surface area contributed by atoms with Gasteiger partial charge in [-0.25, -0.2) is 0 Å². The van der Waals surface area contributed by atoms with Crippen molar-refractivity contribution >= 4 is 19.2 Å². The molecule has 26 heavy (non-hydrogen) atoms. The Labute approximate surface area is 182 Å². The molecule has 0 aliphatic heterocycles. The summed E-state index contributed by atoms with van der Waals surface area (Å²) in [6.45, 7) is 0. The summed E-state index contributed by atoms with van der Waals surface area (Å²) in [5.41, 5.74) is 0. The van der Waals surface area contributed by atoms with E-state index < -0.39 is 0 Å². The summed E-state index contributed by atoms with van der Waals surface area (Å²) < 4.78 is 0. The normalized spacial score (nSPS) is 11.7. The van der Waals surface area contributed by atoms with Crippen LogP contribution in [-0.4, -0.2) is 0 Å². The first-order chi connectivity index (χ1) is 11.4. The molecule has 138 valence electrons. The number of hydrogen-bond donors (Lipinski definition) is 0. The minimum atomic E-state index is 0. The second-order valence-electron chi connectivity index (χ2n) is 5.04. The molecular weight excluding hydrogens is 422 g/mol. The maximum absolute atomic E-state index is 2.17. The van der Waals surface area contributed by atoms with Crippen LogP contribution in [0.15, 0.2) is 109 Å². The molecule has 0 nitrogen and oxygen atoms in total. The fraction of sp³-hybridized carbons (Fsp3) is 0.0909. The molecule has 0 atom stereocenters. The van der Waals surface area contributed by atoms with Crippen molar-refractivity contribution in [2.45, 2.75) is 12.8 Å². The van der Waals surface area contributed by atoms with E-state index in [-0.39, 0.29) is 41.9 Å². The van der Waals surface area contributed by atoms with Crippen molar-refractivity contribution in [3.05, 3.63) is 109 Å². The van der Waals surface area contributed by atoms with E-state index in [0.29, 0.717) is 0 Å². The van der Waals surface area contributed by atoms with Gasteiger partial charge >= 0.3 is 17.1 Å². The van der Waals surface area contributed by atoms with E-state index in [2.05, 4.69) is 109 Å². The third-order valence-electron chi connectivity index (χ3n) is 3.15. The number of hydrogen-bond acceptors (Lipinski definition) is 0. The second-order valence-corrected chi connectivity index (χ2v) is 6.45. The fourth-order valence-corrected chi connectivity index (χ4v) is 3.05. The number of rotatable bonds is 2. The average molecular weight is 445 g/mol. The van der Waals surface area contributed by atoms with Crippen LogP contribution in [0, 0.1) is 0 Å². The van der Waals surface area contributed by atoms with Crippen LogP contribution in [0.4, 0.5) is 0 Å². The maximum atomic E-state index is 2.17. The van der Waals surface area contributed by atoms with E-state index in [9.17, 15) is 0 Å². The molecule has 0 saturated carbocycles. The van der Waals surface area contributed by atoms with Crippen LogP contribution in [0.2, 0.25) is 0 Å². The molecule has 0 N–H and O–H groups in total. The summed E-state index contributed by atoms with van der Waals surface area (Å²) in [7, 11) is 0.777. The van der Waals surface area contributed by atoms with Gasteiger partial charge in [-0.05, 0) is 23.5 Å². The molecule has 2 aromatic rings. The minimum Gasteiger partial charge on any atom is -1.00 e. The molecule has 0 fully saturated rings. The molecule has 2 aromatic carbocycles. The van der Waals surface area contributed by atoms with E-state index in [0.717, 1.165) is 21.4 Å². The largest absolute Gasteiger partial charge is 2.00 e. The van der Waals surface area contributed by atoms with Crippen molar-refractivity contribution in [1.29, 1.82) is 0 Å². The van der Waals surface area contributed by atoms with Crippen LogP contribution in [0.25, 0.3) is 0 Å². The van der Waals surface area contributed by atoms with Gasteiger partial charge in [-0.2, -0.15) is 0 Å². The molecule has 4 heteroatoms. The molecule has 2 aliphatic rings. The van der Waals surface area contributed by atoms with Crippen LogP contribution >= 0.6 is 8.58 Å². The summed E-state index contributed by atoms with van der Waals surface area (Å²) in [5.74, 6) is 0. The molecule has 0 bridgehead atoms. The summed E-state index contributed by atoms with van der Waals surface area (Å²) >= 11 is 0. The Kier molecular flexibility index (Phi) is 19.5. The molecule has 0 saturated heterocycles. The van der Waals surface area contributed by atoms with Crippen molar-refractivity contribution in [2.75, 3.05) is 0 Å². The Balaban J connectivity index is 0. The van der Waals surface area contributed by atoms with Gasteiger partial charge in [0.2, 0.25) is 0 Å². The fourth-order valence-electron chi connectivity index (χ4n) is 2.00. The van der Waals surface area contributed by atoms with Crippen LogP contribution in [0.1, 0.15) is 12.8 Å². The Morgan fingerprint density at radius 1 is 0.500 bits per heavy atom. The van der Waals surface area contributed by atoms with Gasteiger partial charge in [-0.15, -0.1) is 0 Å². The Morgan fingerprint density at radius 3 is 1.04 bits per heavy atom. The predicted octanol–water partition coefficient (Wildman–Crippen LogP) is -0.674. The van der Waals surface area contributed by atoms with Gasteiger partial charge in [0.15, 0.2) is 0 Å². The van der Waals surface area contributed by atoms with Crippen LogP contribution < -0.4 is 35.4 Å². The van der Waals surface area contributed by atoms with Crippen molar-refractivity contribution in [3.8, 4) is 0 Å². The van der Waals surface area contributed by atoms with Gasteiger partial charge in [-0.1, -0.05) is 118 Å². The Hall–Kier alpha value is -1.07. The summed E-state index contributed by atoms with van der Waals surface area (Å²) in [6, 6.07) is 21.2. The monoisotopic (exact) mass is 444 g/mol. The molecule has 0 aromatic heterocycles. The second kappa shape index (κ2) is 18.7. The van der Waals surface area contributed by atoms with Crippen LogP contribution in [-0.2, 0) is 17.1 Å². The van der Waals surface area contributed by atoms with Crippen molar-refractivity contribution in [2.24, 2.45) is 0 Å². The first-order valence-electron chi connectivity index (χ1n) is 7.95. The van der Waals surface area contributed by atoms with E-state index in [1.807, 2.05) is 0 Å². The number of allylic oxidation sites excluding steroid dienone is 8. The number of benzene rings is 2. The molecule has 0 amide bonds. The summed E-state index contributed by atoms with van der Waals surface area (Å²) in [4.78, 5) is 0. The van der Waals surface area contributed by atoms with Crippen molar-refractivity contribution in [1.82, 2.24) is 0 Å².